The summed E-state index contributed by atoms with van der Waals surface area (Å²) in [7, 11) is 0. The van der Waals surface area contributed by atoms with E-state index in [-0.39, 0.29) is 28.0 Å². The molecule has 6 nitrogen and oxygen atoms in total. The summed E-state index contributed by atoms with van der Waals surface area (Å²) in [5, 5.41) is 15.1. The molecule has 0 bridgehead atoms. The highest BCUT2D eigenvalue weighted by molar-refractivity contribution is 6.37. The van der Waals surface area contributed by atoms with Crippen LogP contribution in [-0.2, 0) is 11.4 Å². The van der Waals surface area contributed by atoms with Crippen LogP contribution >= 0.6 is 34.8 Å². The summed E-state index contributed by atoms with van der Waals surface area (Å²) in [6, 6.07) is 8.29. The Kier molecular flexibility index (Phi) is 8.89. The van der Waals surface area contributed by atoms with E-state index in [0.29, 0.717) is 5.02 Å². The van der Waals surface area contributed by atoms with Gasteiger partial charge in [0, 0.05) is 22.8 Å². The third-order valence-electron chi connectivity index (χ3n) is 3.86. The Bertz CT molecular complexity index is 867. The number of hydrogen-bond acceptors (Lipinski definition) is 4. The Morgan fingerprint density at radius 1 is 1.07 bits per heavy atom. The lowest BCUT2D eigenvalue weighted by Gasteiger charge is -2.13. The number of carboxylic acid groups (broad SMARTS) is 1. The highest BCUT2D eigenvalue weighted by atomic mass is 35.5. The van der Waals surface area contributed by atoms with Crippen molar-refractivity contribution in [3.05, 3.63) is 56.5 Å². The number of rotatable bonds is 10. The largest absolute Gasteiger partial charge is 0.486 e. The molecule has 0 radical (unpaired) electrons. The Hall–Kier alpha value is -2.15. The zero-order valence-electron chi connectivity index (χ0n) is 15.7. The Morgan fingerprint density at radius 2 is 1.76 bits per heavy atom. The van der Waals surface area contributed by atoms with E-state index in [1.165, 1.54) is 12.1 Å². The van der Waals surface area contributed by atoms with Crippen LogP contribution in [0.3, 0.4) is 0 Å². The van der Waals surface area contributed by atoms with Gasteiger partial charge in [0.15, 0.2) is 5.75 Å². The number of unbranched alkanes of at least 4 members (excludes halogenated alkanes) is 1. The molecule has 9 heteroatoms. The van der Waals surface area contributed by atoms with E-state index in [4.69, 9.17) is 44.6 Å². The number of hydrogen-bond donors (Lipinski definition) is 3. The zero-order chi connectivity index (χ0) is 21.4. The van der Waals surface area contributed by atoms with Crippen molar-refractivity contribution in [3.8, 4) is 5.75 Å². The van der Waals surface area contributed by atoms with E-state index in [1.807, 2.05) is 12.1 Å². The maximum atomic E-state index is 12.0. The average Bonchev–Trinajstić information content (AvgIpc) is 2.65. The molecule has 2 rings (SSSR count). The van der Waals surface area contributed by atoms with Gasteiger partial charge >= 0.3 is 5.97 Å². The molecule has 0 saturated carbocycles. The second-order valence-electron chi connectivity index (χ2n) is 6.26. The van der Waals surface area contributed by atoms with Gasteiger partial charge in [-0.1, -0.05) is 48.1 Å². The van der Waals surface area contributed by atoms with Gasteiger partial charge in [-0.05, 0) is 42.3 Å². The number of carbonyl (C=O) groups is 2. The van der Waals surface area contributed by atoms with E-state index in [1.54, 1.807) is 6.07 Å². The molecular weight excluding hydrogens is 439 g/mol. The number of benzene rings is 2. The zero-order valence-corrected chi connectivity index (χ0v) is 18.0. The lowest BCUT2D eigenvalue weighted by atomic mass is 10.2. The first-order valence-corrected chi connectivity index (χ1v) is 10.1. The van der Waals surface area contributed by atoms with Crippen molar-refractivity contribution in [3.63, 3.8) is 0 Å². The van der Waals surface area contributed by atoms with Gasteiger partial charge in [-0.25, -0.2) is 0 Å². The molecule has 1 amide bonds. The van der Waals surface area contributed by atoms with Crippen LogP contribution < -0.4 is 15.4 Å². The molecule has 0 atom stereocenters. The van der Waals surface area contributed by atoms with Gasteiger partial charge in [-0.3, -0.25) is 9.59 Å². The van der Waals surface area contributed by atoms with Gasteiger partial charge in [-0.15, -0.1) is 0 Å². The number of amides is 1. The third kappa shape index (κ3) is 7.31. The molecule has 29 heavy (non-hydrogen) atoms. The van der Waals surface area contributed by atoms with E-state index in [9.17, 15) is 9.59 Å². The maximum absolute atomic E-state index is 12.0. The monoisotopic (exact) mass is 458 g/mol. The van der Waals surface area contributed by atoms with E-state index >= 15 is 0 Å². The summed E-state index contributed by atoms with van der Waals surface area (Å²) in [4.78, 5) is 22.5. The van der Waals surface area contributed by atoms with Gasteiger partial charge in [0.05, 0.1) is 10.0 Å². The lowest BCUT2D eigenvalue weighted by Crippen LogP contribution is -2.29. The Balaban J connectivity index is 2.09. The fraction of sp³-hybridized carbons (Fsp3) is 0.300. The van der Waals surface area contributed by atoms with Crippen molar-refractivity contribution in [1.29, 1.82) is 0 Å². The maximum Gasteiger partial charge on any atom is 0.322 e. The number of halogens is 3. The molecule has 0 aliphatic carbocycles. The normalized spacial score (nSPS) is 10.5. The summed E-state index contributed by atoms with van der Waals surface area (Å²) < 4.78 is 5.75. The van der Waals surface area contributed by atoms with Gasteiger partial charge in [0.2, 0.25) is 0 Å². The van der Waals surface area contributed by atoms with Crippen molar-refractivity contribution in [2.75, 3.05) is 18.4 Å². The van der Waals surface area contributed by atoms with Crippen molar-refractivity contribution in [2.45, 2.75) is 26.4 Å². The van der Waals surface area contributed by atoms with Crippen molar-refractivity contribution in [2.24, 2.45) is 0 Å². The van der Waals surface area contributed by atoms with E-state index < -0.39 is 18.4 Å². The van der Waals surface area contributed by atoms with Gasteiger partial charge in [0.1, 0.15) is 13.2 Å². The third-order valence-corrected chi connectivity index (χ3v) is 4.64. The smallest absolute Gasteiger partial charge is 0.322 e. The van der Waals surface area contributed by atoms with Gasteiger partial charge < -0.3 is 20.5 Å². The molecule has 0 saturated heterocycles. The van der Waals surface area contributed by atoms with Crippen LogP contribution in [0.15, 0.2) is 30.3 Å². The van der Waals surface area contributed by atoms with Gasteiger partial charge in [0.25, 0.3) is 5.91 Å². The minimum atomic E-state index is -1.15. The molecule has 156 valence electrons. The second-order valence-corrected chi connectivity index (χ2v) is 7.51. The molecule has 0 aliphatic heterocycles. The van der Waals surface area contributed by atoms with Crippen molar-refractivity contribution < 1.29 is 19.4 Å². The molecule has 0 unspecified atom stereocenters. The van der Waals surface area contributed by atoms with Crippen LogP contribution in [0.25, 0.3) is 0 Å². The predicted molar refractivity (Wildman–Crippen MR) is 116 cm³/mol. The summed E-state index contributed by atoms with van der Waals surface area (Å²) in [5.74, 6) is -1.52. The fourth-order valence-corrected chi connectivity index (χ4v) is 3.34. The topological polar surface area (TPSA) is 87.7 Å². The van der Waals surface area contributed by atoms with Crippen molar-refractivity contribution >= 4 is 52.4 Å². The molecular formula is C20H21Cl3N2O4. The van der Waals surface area contributed by atoms with Crippen molar-refractivity contribution in [1.82, 2.24) is 5.32 Å². The van der Waals surface area contributed by atoms with E-state index in [0.717, 1.165) is 30.6 Å². The molecule has 0 heterocycles. The molecule has 2 aromatic carbocycles. The number of ether oxygens (including phenoxy) is 1. The summed E-state index contributed by atoms with van der Waals surface area (Å²) in [6.07, 6.45) is 2.14. The van der Waals surface area contributed by atoms with Crippen LogP contribution in [0, 0.1) is 0 Å². The predicted octanol–water partition coefficient (Wildman–Crippen LogP) is 5.25. The minimum Gasteiger partial charge on any atom is -0.486 e. The average molecular weight is 460 g/mol. The first kappa shape index (κ1) is 23.1. The second kappa shape index (κ2) is 11.1. The number of carbonyl (C=O) groups excluding carboxylic acids is 1. The quantitative estimate of drug-likeness (QED) is 0.422. The SMILES string of the molecule is CCCCNc1cc(Cl)cc(COc2c(Cl)cc(C(=O)NCC(=O)O)cc2Cl)c1. The summed E-state index contributed by atoms with van der Waals surface area (Å²) in [6.45, 7) is 2.64. The van der Waals surface area contributed by atoms with Crippen LogP contribution in [0.2, 0.25) is 15.1 Å². The highest BCUT2D eigenvalue weighted by Gasteiger charge is 2.15. The highest BCUT2D eigenvalue weighted by Crippen LogP contribution is 2.35. The summed E-state index contributed by atoms with van der Waals surface area (Å²) >= 11 is 18.6. The van der Waals surface area contributed by atoms with Crippen LogP contribution in [-0.4, -0.2) is 30.1 Å². The number of aliphatic carboxylic acids is 1. The van der Waals surface area contributed by atoms with E-state index in [2.05, 4.69) is 17.6 Å². The standard InChI is InChI=1S/C20H21Cl3N2O4/c1-2-3-4-24-15-6-12(5-14(21)9-15)11-29-19-16(22)7-13(8-17(19)23)20(28)25-10-18(26)27/h5-9,24H,2-4,10-11H2,1H3,(H,25,28)(H,26,27). The van der Waals surface area contributed by atoms with Crippen LogP contribution in [0.4, 0.5) is 5.69 Å². The molecule has 0 aliphatic rings. The number of nitrogens with one attached hydrogen (secondary N) is 2. The summed E-state index contributed by atoms with van der Waals surface area (Å²) in [5.41, 5.74) is 1.86. The van der Waals surface area contributed by atoms with Crippen LogP contribution in [0.5, 0.6) is 5.75 Å². The molecule has 2 aromatic rings. The molecule has 3 N–H and O–H groups in total. The molecule has 0 aromatic heterocycles. The lowest BCUT2D eigenvalue weighted by molar-refractivity contribution is -0.135. The number of carboxylic acids is 1. The minimum absolute atomic E-state index is 0.138. The van der Waals surface area contributed by atoms with Gasteiger partial charge in [-0.2, -0.15) is 0 Å². The first-order valence-electron chi connectivity index (χ1n) is 8.95. The fourth-order valence-electron chi connectivity index (χ4n) is 2.49. The Morgan fingerprint density at radius 3 is 2.38 bits per heavy atom. The molecule has 0 fully saturated rings. The molecule has 0 spiro atoms. The Labute approximate surface area is 184 Å². The number of anilines is 1. The first-order chi connectivity index (χ1) is 13.8. The van der Waals surface area contributed by atoms with Crippen LogP contribution in [0.1, 0.15) is 35.7 Å².